The third kappa shape index (κ3) is 1.54. The average Bonchev–Trinajstić information content (AvgIpc) is 2.04. The second-order valence-corrected chi connectivity index (χ2v) is 2.53. The van der Waals surface area contributed by atoms with Crippen molar-refractivity contribution < 1.29 is 19.7 Å². The Morgan fingerprint density at radius 2 is 2.33 bits per heavy atom. The van der Waals surface area contributed by atoms with Gasteiger partial charge < -0.3 is 19.7 Å². The highest BCUT2D eigenvalue weighted by molar-refractivity contribution is 5.61. The van der Waals surface area contributed by atoms with Crippen LogP contribution in [-0.2, 0) is 9.53 Å². The van der Waals surface area contributed by atoms with Crippen molar-refractivity contribution >= 4 is 6.29 Å². The third-order valence-electron chi connectivity index (χ3n) is 1.63. The first-order valence-electron chi connectivity index (χ1n) is 3.46. The highest BCUT2D eigenvalue weighted by atomic mass is 16.6. The Morgan fingerprint density at radius 3 is 2.83 bits per heavy atom. The number of allylic oxidation sites excluding steroid dienone is 2. The van der Waals surface area contributed by atoms with Gasteiger partial charge in [-0.2, -0.15) is 0 Å². The summed E-state index contributed by atoms with van der Waals surface area (Å²) < 4.78 is 4.69. The van der Waals surface area contributed by atoms with E-state index >= 15 is 0 Å². The first-order valence-corrected chi connectivity index (χ1v) is 3.46. The third-order valence-corrected chi connectivity index (χ3v) is 1.63. The van der Waals surface area contributed by atoms with Crippen molar-refractivity contribution in [2.24, 2.45) is 5.92 Å². The maximum absolute atomic E-state index is 10.3. The van der Waals surface area contributed by atoms with Gasteiger partial charge >= 0.3 is 0 Å². The van der Waals surface area contributed by atoms with E-state index in [9.17, 15) is 15.0 Å². The lowest BCUT2D eigenvalue weighted by atomic mass is 10.00. The summed E-state index contributed by atoms with van der Waals surface area (Å²) in [6, 6.07) is 0. The molecule has 0 aromatic carbocycles. The van der Waals surface area contributed by atoms with Crippen LogP contribution in [0.2, 0.25) is 0 Å². The Hall–Kier alpha value is -1.13. The van der Waals surface area contributed by atoms with Crippen LogP contribution in [0.1, 0.15) is 0 Å². The topological polar surface area (TPSA) is 66.8 Å². The highest BCUT2D eigenvalue weighted by Crippen LogP contribution is 2.23. The van der Waals surface area contributed by atoms with E-state index in [4.69, 9.17) is 0 Å². The van der Waals surface area contributed by atoms with Crippen LogP contribution in [-0.4, -0.2) is 29.4 Å². The van der Waals surface area contributed by atoms with E-state index in [1.807, 2.05) is 0 Å². The second kappa shape index (κ2) is 3.08. The molecule has 1 aliphatic rings. The number of carbonyl (C=O) groups excluding carboxylic acids is 1. The van der Waals surface area contributed by atoms with E-state index in [1.165, 1.54) is 19.3 Å². The van der Waals surface area contributed by atoms with Crippen molar-refractivity contribution in [1.29, 1.82) is 0 Å². The van der Waals surface area contributed by atoms with Gasteiger partial charge in [-0.05, 0) is 12.2 Å². The monoisotopic (exact) mass is 170 g/mol. The molecule has 0 aliphatic heterocycles. The SMILES string of the molecule is COC1=CC(C=O)C=CC1(O)O. The quantitative estimate of drug-likeness (QED) is 0.335. The summed E-state index contributed by atoms with van der Waals surface area (Å²) >= 11 is 0. The van der Waals surface area contributed by atoms with Crippen LogP contribution in [0.4, 0.5) is 0 Å². The molecule has 66 valence electrons. The van der Waals surface area contributed by atoms with Gasteiger partial charge in [-0.3, -0.25) is 0 Å². The Balaban J connectivity index is 2.90. The van der Waals surface area contributed by atoms with Crippen molar-refractivity contribution in [2.75, 3.05) is 7.11 Å². The molecule has 0 aromatic rings. The van der Waals surface area contributed by atoms with E-state index in [-0.39, 0.29) is 5.76 Å². The lowest BCUT2D eigenvalue weighted by Gasteiger charge is -2.24. The molecule has 12 heavy (non-hydrogen) atoms. The van der Waals surface area contributed by atoms with Crippen LogP contribution in [0, 0.1) is 5.92 Å². The van der Waals surface area contributed by atoms with Crippen LogP contribution in [0.5, 0.6) is 0 Å². The summed E-state index contributed by atoms with van der Waals surface area (Å²) in [7, 11) is 1.31. The summed E-state index contributed by atoms with van der Waals surface area (Å²) in [5.41, 5.74) is 0. The molecule has 0 heterocycles. The van der Waals surface area contributed by atoms with E-state index in [0.717, 1.165) is 6.08 Å². The van der Waals surface area contributed by atoms with E-state index in [2.05, 4.69) is 4.74 Å². The molecular weight excluding hydrogens is 160 g/mol. The largest absolute Gasteiger partial charge is 0.495 e. The highest BCUT2D eigenvalue weighted by Gasteiger charge is 2.30. The summed E-state index contributed by atoms with van der Waals surface area (Å²) in [5.74, 6) is -2.54. The van der Waals surface area contributed by atoms with E-state index in [1.54, 1.807) is 0 Å². The molecule has 1 atom stereocenters. The Labute approximate surface area is 69.8 Å². The van der Waals surface area contributed by atoms with Gasteiger partial charge in [-0.25, -0.2) is 0 Å². The van der Waals surface area contributed by atoms with Crippen molar-refractivity contribution in [1.82, 2.24) is 0 Å². The van der Waals surface area contributed by atoms with Gasteiger partial charge in [0.1, 0.15) is 6.29 Å². The fourth-order valence-electron chi connectivity index (χ4n) is 0.983. The molecule has 0 bridgehead atoms. The molecule has 0 saturated heterocycles. The molecule has 0 amide bonds. The van der Waals surface area contributed by atoms with Crippen molar-refractivity contribution in [3.8, 4) is 0 Å². The first-order chi connectivity index (χ1) is 5.60. The molecule has 2 N–H and O–H groups in total. The smallest absolute Gasteiger partial charge is 0.242 e. The lowest BCUT2D eigenvalue weighted by molar-refractivity contribution is -0.119. The minimum Gasteiger partial charge on any atom is -0.495 e. The number of aliphatic hydroxyl groups is 2. The number of hydrogen-bond donors (Lipinski definition) is 2. The van der Waals surface area contributed by atoms with Crippen LogP contribution in [0.3, 0.4) is 0 Å². The van der Waals surface area contributed by atoms with E-state index < -0.39 is 11.7 Å². The van der Waals surface area contributed by atoms with E-state index in [0.29, 0.717) is 6.29 Å². The van der Waals surface area contributed by atoms with Crippen molar-refractivity contribution in [3.63, 3.8) is 0 Å². The van der Waals surface area contributed by atoms with Gasteiger partial charge in [0.25, 0.3) is 0 Å². The Bertz CT molecular complexity index is 239. The molecule has 0 spiro atoms. The zero-order chi connectivity index (χ0) is 9.19. The first kappa shape index (κ1) is 8.96. The molecule has 1 rings (SSSR count). The van der Waals surface area contributed by atoms with Crippen molar-refractivity contribution in [3.05, 3.63) is 24.0 Å². The maximum atomic E-state index is 10.3. The van der Waals surface area contributed by atoms with Gasteiger partial charge in [0.2, 0.25) is 5.79 Å². The maximum Gasteiger partial charge on any atom is 0.242 e. The zero-order valence-corrected chi connectivity index (χ0v) is 6.60. The number of carbonyl (C=O) groups is 1. The van der Waals surface area contributed by atoms with Crippen molar-refractivity contribution in [2.45, 2.75) is 5.79 Å². The minimum absolute atomic E-state index is 0.0258. The Morgan fingerprint density at radius 1 is 1.67 bits per heavy atom. The van der Waals surface area contributed by atoms with Crippen LogP contribution in [0.25, 0.3) is 0 Å². The van der Waals surface area contributed by atoms with Crippen LogP contribution >= 0.6 is 0 Å². The molecule has 4 nitrogen and oxygen atoms in total. The molecule has 0 radical (unpaired) electrons. The minimum atomic E-state index is -2.08. The predicted molar refractivity (Wildman–Crippen MR) is 41.0 cm³/mol. The normalized spacial score (nSPS) is 26.2. The predicted octanol–water partition coefficient (Wildman–Crippen LogP) is -0.417. The molecule has 0 aromatic heterocycles. The van der Waals surface area contributed by atoms with Gasteiger partial charge in [0.15, 0.2) is 5.76 Å². The standard InChI is InChI=1S/C8H10O4/c1-12-7-4-6(5-9)2-3-8(7,10)11/h2-6,10-11H,1H3. The number of aldehydes is 1. The van der Waals surface area contributed by atoms with Crippen LogP contribution in [0.15, 0.2) is 24.0 Å². The second-order valence-electron chi connectivity index (χ2n) is 2.53. The lowest BCUT2D eigenvalue weighted by Crippen LogP contribution is -2.32. The van der Waals surface area contributed by atoms with Crippen LogP contribution < -0.4 is 0 Å². The molecule has 0 fully saturated rings. The summed E-state index contributed by atoms with van der Waals surface area (Å²) in [5, 5.41) is 18.4. The van der Waals surface area contributed by atoms with Gasteiger partial charge in [0.05, 0.1) is 13.0 Å². The molecule has 0 saturated carbocycles. The zero-order valence-electron chi connectivity index (χ0n) is 6.60. The van der Waals surface area contributed by atoms with Gasteiger partial charge in [-0.1, -0.05) is 6.08 Å². The summed E-state index contributed by atoms with van der Waals surface area (Å²) in [6.45, 7) is 0. The fourth-order valence-corrected chi connectivity index (χ4v) is 0.983. The number of methoxy groups -OCH3 is 1. The summed E-state index contributed by atoms with van der Waals surface area (Å²) in [6.07, 6.45) is 4.55. The van der Waals surface area contributed by atoms with Gasteiger partial charge in [0, 0.05) is 0 Å². The van der Waals surface area contributed by atoms with Gasteiger partial charge in [-0.15, -0.1) is 0 Å². The molecule has 1 aliphatic carbocycles. The molecule has 1 unspecified atom stereocenters. The molecule has 4 heteroatoms. The number of rotatable bonds is 2. The number of ether oxygens (including phenoxy) is 1. The molecular formula is C8H10O4. The number of hydrogen-bond acceptors (Lipinski definition) is 4. The summed E-state index contributed by atoms with van der Waals surface area (Å²) in [4.78, 5) is 10.3. The Kier molecular flexibility index (Phi) is 2.30. The average molecular weight is 170 g/mol. The fraction of sp³-hybridized carbons (Fsp3) is 0.375.